The Morgan fingerprint density at radius 2 is 1.90 bits per heavy atom. The minimum absolute atomic E-state index is 0.105. The molecule has 108 valence electrons. The highest BCUT2D eigenvalue weighted by Gasteiger charge is 2.17. The molecule has 2 N–H and O–H groups in total. The molecule has 0 aliphatic rings. The SMILES string of the molecule is CCN(Cc1cccs1)CC(C)C(N)c1ccccc1. The maximum absolute atomic E-state index is 6.39. The van der Waals surface area contributed by atoms with Crippen molar-refractivity contribution in [3.05, 3.63) is 58.3 Å². The van der Waals surface area contributed by atoms with Crippen LogP contribution < -0.4 is 5.73 Å². The van der Waals surface area contributed by atoms with Crippen molar-refractivity contribution in [1.82, 2.24) is 4.90 Å². The third kappa shape index (κ3) is 4.17. The highest BCUT2D eigenvalue weighted by Crippen LogP contribution is 2.21. The van der Waals surface area contributed by atoms with Crippen molar-refractivity contribution in [1.29, 1.82) is 0 Å². The normalized spacial score (nSPS) is 14.4. The van der Waals surface area contributed by atoms with Crippen molar-refractivity contribution < 1.29 is 0 Å². The van der Waals surface area contributed by atoms with Gasteiger partial charge in [0, 0.05) is 24.0 Å². The highest BCUT2D eigenvalue weighted by molar-refractivity contribution is 7.09. The van der Waals surface area contributed by atoms with Gasteiger partial charge in [0.2, 0.25) is 0 Å². The van der Waals surface area contributed by atoms with Crippen molar-refractivity contribution in [3.63, 3.8) is 0 Å². The second-order valence-electron chi connectivity index (χ2n) is 5.32. The summed E-state index contributed by atoms with van der Waals surface area (Å²) in [4.78, 5) is 3.89. The molecule has 2 atom stereocenters. The van der Waals surface area contributed by atoms with Gasteiger partial charge in [-0.25, -0.2) is 0 Å². The average molecular weight is 288 g/mol. The summed E-state index contributed by atoms with van der Waals surface area (Å²) in [6.45, 7) is 7.58. The monoisotopic (exact) mass is 288 g/mol. The number of nitrogens with zero attached hydrogens (tertiary/aromatic N) is 1. The van der Waals surface area contributed by atoms with E-state index in [1.807, 2.05) is 17.4 Å². The molecule has 0 aliphatic heterocycles. The minimum Gasteiger partial charge on any atom is -0.324 e. The number of rotatable bonds is 7. The van der Waals surface area contributed by atoms with Gasteiger partial charge >= 0.3 is 0 Å². The molecule has 2 nitrogen and oxygen atoms in total. The fourth-order valence-electron chi connectivity index (χ4n) is 2.45. The van der Waals surface area contributed by atoms with E-state index >= 15 is 0 Å². The lowest BCUT2D eigenvalue weighted by atomic mass is 9.95. The van der Waals surface area contributed by atoms with E-state index in [-0.39, 0.29) is 6.04 Å². The Bertz CT molecular complexity index is 481. The van der Waals surface area contributed by atoms with E-state index in [2.05, 4.69) is 60.5 Å². The van der Waals surface area contributed by atoms with Crippen molar-refractivity contribution in [2.75, 3.05) is 13.1 Å². The molecule has 0 radical (unpaired) electrons. The van der Waals surface area contributed by atoms with E-state index in [1.54, 1.807) is 0 Å². The quantitative estimate of drug-likeness (QED) is 0.837. The molecule has 0 amide bonds. The molecule has 2 aromatic rings. The molecule has 0 spiro atoms. The predicted molar refractivity (Wildman–Crippen MR) is 87.8 cm³/mol. The van der Waals surface area contributed by atoms with Gasteiger partial charge in [-0.15, -0.1) is 11.3 Å². The van der Waals surface area contributed by atoms with Gasteiger partial charge in [-0.1, -0.05) is 50.2 Å². The molecule has 3 heteroatoms. The number of nitrogens with two attached hydrogens (primary N) is 1. The van der Waals surface area contributed by atoms with Gasteiger partial charge in [-0.05, 0) is 29.5 Å². The molecule has 2 unspecified atom stereocenters. The van der Waals surface area contributed by atoms with Crippen molar-refractivity contribution in [3.8, 4) is 0 Å². The first-order chi connectivity index (χ1) is 9.70. The summed E-state index contributed by atoms with van der Waals surface area (Å²) in [5, 5.41) is 2.14. The van der Waals surface area contributed by atoms with E-state index in [9.17, 15) is 0 Å². The number of thiophene rings is 1. The van der Waals surface area contributed by atoms with Crippen LogP contribution in [0.5, 0.6) is 0 Å². The summed E-state index contributed by atoms with van der Waals surface area (Å²) in [7, 11) is 0. The second kappa shape index (κ2) is 7.58. The Morgan fingerprint density at radius 3 is 2.50 bits per heavy atom. The molecule has 0 bridgehead atoms. The maximum Gasteiger partial charge on any atom is 0.0333 e. The molecule has 2 rings (SSSR count). The van der Waals surface area contributed by atoms with Gasteiger partial charge < -0.3 is 5.73 Å². The minimum atomic E-state index is 0.105. The van der Waals surface area contributed by atoms with Gasteiger partial charge in [0.25, 0.3) is 0 Å². The van der Waals surface area contributed by atoms with E-state index < -0.39 is 0 Å². The van der Waals surface area contributed by atoms with Gasteiger partial charge in [0.15, 0.2) is 0 Å². The largest absolute Gasteiger partial charge is 0.324 e. The lowest BCUT2D eigenvalue weighted by Gasteiger charge is -2.27. The van der Waals surface area contributed by atoms with Crippen LogP contribution in [-0.4, -0.2) is 18.0 Å². The first kappa shape index (κ1) is 15.2. The van der Waals surface area contributed by atoms with E-state index in [4.69, 9.17) is 5.73 Å². The molecular formula is C17H24N2S. The molecule has 0 fully saturated rings. The number of benzene rings is 1. The van der Waals surface area contributed by atoms with Crippen molar-refractivity contribution in [2.24, 2.45) is 11.7 Å². The zero-order valence-corrected chi connectivity index (χ0v) is 13.1. The zero-order valence-electron chi connectivity index (χ0n) is 12.3. The van der Waals surface area contributed by atoms with Gasteiger partial charge in [-0.3, -0.25) is 4.90 Å². The van der Waals surface area contributed by atoms with Crippen LogP contribution in [0.1, 0.15) is 30.3 Å². The lowest BCUT2D eigenvalue weighted by molar-refractivity contribution is 0.226. The van der Waals surface area contributed by atoms with E-state index in [0.29, 0.717) is 5.92 Å². The molecule has 20 heavy (non-hydrogen) atoms. The third-order valence-electron chi connectivity index (χ3n) is 3.75. The standard InChI is InChI=1S/C17H24N2S/c1-3-19(13-16-10-7-11-20-16)12-14(2)17(18)15-8-5-4-6-9-15/h4-11,14,17H,3,12-13,18H2,1-2H3. The van der Waals surface area contributed by atoms with Crippen molar-refractivity contribution in [2.45, 2.75) is 26.4 Å². The van der Waals surface area contributed by atoms with E-state index in [1.165, 1.54) is 10.4 Å². The smallest absolute Gasteiger partial charge is 0.0333 e. The first-order valence-electron chi connectivity index (χ1n) is 7.26. The second-order valence-corrected chi connectivity index (χ2v) is 6.35. The van der Waals surface area contributed by atoms with Crippen LogP contribution in [0, 0.1) is 5.92 Å². The topological polar surface area (TPSA) is 29.3 Å². The van der Waals surface area contributed by atoms with Crippen LogP contribution in [0.15, 0.2) is 47.8 Å². The predicted octanol–water partition coefficient (Wildman–Crippen LogP) is 3.91. The number of hydrogen-bond acceptors (Lipinski definition) is 3. The summed E-state index contributed by atoms with van der Waals surface area (Å²) in [6, 6.07) is 14.8. The highest BCUT2D eigenvalue weighted by atomic mass is 32.1. The van der Waals surface area contributed by atoms with Crippen LogP contribution in [0.2, 0.25) is 0 Å². The Labute approximate surface area is 126 Å². The fourth-order valence-corrected chi connectivity index (χ4v) is 3.20. The summed E-state index contributed by atoms with van der Waals surface area (Å²) in [6.07, 6.45) is 0. The Morgan fingerprint density at radius 1 is 1.15 bits per heavy atom. The Kier molecular flexibility index (Phi) is 5.77. The molecule has 1 aromatic carbocycles. The summed E-state index contributed by atoms with van der Waals surface area (Å²) < 4.78 is 0. The zero-order chi connectivity index (χ0) is 14.4. The molecular weight excluding hydrogens is 264 g/mol. The van der Waals surface area contributed by atoms with Gasteiger partial charge in [0.1, 0.15) is 0 Å². The molecule has 0 saturated heterocycles. The van der Waals surface area contributed by atoms with E-state index in [0.717, 1.165) is 19.6 Å². The summed E-state index contributed by atoms with van der Waals surface area (Å²) in [5.41, 5.74) is 7.62. The van der Waals surface area contributed by atoms with Crippen molar-refractivity contribution >= 4 is 11.3 Å². The Hall–Kier alpha value is -1.16. The summed E-state index contributed by atoms with van der Waals surface area (Å²) in [5.74, 6) is 0.442. The lowest BCUT2D eigenvalue weighted by Crippen LogP contribution is -2.33. The van der Waals surface area contributed by atoms with Crippen LogP contribution in [0.25, 0.3) is 0 Å². The molecule has 0 aliphatic carbocycles. The van der Waals surface area contributed by atoms with Crippen LogP contribution >= 0.6 is 11.3 Å². The maximum atomic E-state index is 6.39. The van der Waals surface area contributed by atoms with Crippen LogP contribution in [0.3, 0.4) is 0 Å². The van der Waals surface area contributed by atoms with Gasteiger partial charge in [-0.2, -0.15) is 0 Å². The van der Waals surface area contributed by atoms with Crippen LogP contribution in [-0.2, 0) is 6.54 Å². The van der Waals surface area contributed by atoms with Crippen LogP contribution in [0.4, 0.5) is 0 Å². The molecule has 1 heterocycles. The fraction of sp³-hybridized carbons (Fsp3) is 0.412. The number of hydrogen-bond donors (Lipinski definition) is 1. The third-order valence-corrected chi connectivity index (χ3v) is 4.61. The molecule has 1 aromatic heterocycles. The Balaban J connectivity index is 1.93. The summed E-state index contributed by atoms with van der Waals surface area (Å²) >= 11 is 1.83. The van der Waals surface area contributed by atoms with Gasteiger partial charge in [0.05, 0.1) is 0 Å². The molecule has 0 saturated carbocycles. The first-order valence-corrected chi connectivity index (χ1v) is 8.14. The average Bonchev–Trinajstić information content (AvgIpc) is 2.99.